The van der Waals surface area contributed by atoms with Crippen LogP contribution in [0.25, 0.3) is 0 Å². The third-order valence-electron chi connectivity index (χ3n) is 5.96. The maximum absolute atomic E-state index is 13.0. The van der Waals surface area contributed by atoms with Crippen molar-refractivity contribution in [1.82, 2.24) is 0 Å². The summed E-state index contributed by atoms with van der Waals surface area (Å²) in [5.41, 5.74) is -1.07. The van der Waals surface area contributed by atoms with Gasteiger partial charge in [-0.25, -0.2) is 4.79 Å². The van der Waals surface area contributed by atoms with Crippen LogP contribution in [0.15, 0.2) is 0 Å². The molecular formula is C17H22F2O9S. The zero-order chi connectivity index (χ0) is 21.7. The Morgan fingerprint density at radius 1 is 1.07 bits per heavy atom. The van der Waals surface area contributed by atoms with Gasteiger partial charge in [-0.2, -0.15) is 17.2 Å². The molecule has 0 spiro atoms. The van der Waals surface area contributed by atoms with Crippen molar-refractivity contribution in [1.29, 1.82) is 0 Å². The molecule has 0 radical (unpaired) electrons. The van der Waals surface area contributed by atoms with E-state index in [9.17, 15) is 36.7 Å². The Labute approximate surface area is 165 Å². The molecule has 2 N–H and O–H groups in total. The summed E-state index contributed by atoms with van der Waals surface area (Å²) in [6, 6.07) is 0. The Morgan fingerprint density at radius 2 is 1.66 bits per heavy atom. The van der Waals surface area contributed by atoms with Gasteiger partial charge in [0.15, 0.2) is 12.4 Å². The van der Waals surface area contributed by atoms with Crippen molar-refractivity contribution < 1.29 is 50.7 Å². The van der Waals surface area contributed by atoms with Gasteiger partial charge in [-0.05, 0) is 50.4 Å². The van der Waals surface area contributed by atoms with Crippen molar-refractivity contribution in [2.45, 2.75) is 55.8 Å². The van der Waals surface area contributed by atoms with Gasteiger partial charge >= 0.3 is 27.3 Å². The zero-order valence-electron chi connectivity index (χ0n) is 15.4. The minimum Gasteiger partial charge on any atom is -0.465 e. The Morgan fingerprint density at radius 3 is 2.17 bits per heavy atom. The number of ether oxygens (including phenoxy) is 2. The number of esters is 2. The average Bonchev–Trinajstić information content (AvgIpc) is 2.54. The van der Waals surface area contributed by atoms with Gasteiger partial charge in [0, 0.05) is 5.41 Å². The quantitative estimate of drug-likeness (QED) is 0.319. The smallest absolute Gasteiger partial charge is 0.465 e. The highest BCUT2D eigenvalue weighted by Gasteiger charge is 2.57. The van der Waals surface area contributed by atoms with E-state index in [1.807, 2.05) is 0 Å². The first-order valence-corrected chi connectivity index (χ1v) is 10.6. The summed E-state index contributed by atoms with van der Waals surface area (Å²) < 4.78 is 64.2. The normalized spacial score (nSPS) is 33.4. The fourth-order valence-corrected chi connectivity index (χ4v) is 5.67. The summed E-state index contributed by atoms with van der Waals surface area (Å²) in [5.74, 6) is -3.87. The fraction of sp³-hybridized carbons (Fsp3) is 0.824. The molecule has 4 rings (SSSR count). The molecule has 4 bridgehead atoms. The highest BCUT2D eigenvalue weighted by atomic mass is 32.2. The lowest BCUT2D eigenvalue weighted by Gasteiger charge is -2.59. The number of ketones is 1. The number of carbonyl (C=O) groups excluding carboxylic acids is 3. The van der Waals surface area contributed by atoms with Crippen LogP contribution in [0.1, 0.15) is 44.9 Å². The Hall–Kier alpha value is -1.66. The van der Waals surface area contributed by atoms with E-state index in [1.165, 1.54) is 0 Å². The molecule has 4 aliphatic carbocycles. The van der Waals surface area contributed by atoms with E-state index in [-0.39, 0.29) is 12.0 Å². The van der Waals surface area contributed by atoms with Crippen LogP contribution in [0.4, 0.5) is 8.78 Å². The molecule has 2 unspecified atom stereocenters. The minimum atomic E-state index is -6.04. The van der Waals surface area contributed by atoms with Gasteiger partial charge in [-0.3, -0.25) is 14.1 Å². The lowest BCUT2D eigenvalue weighted by molar-refractivity contribution is -0.187. The second kappa shape index (κ2) is 7.24. The van der Waals surface area contributed by atoms with E-state index >= 15 is 0 Å². The second-order valence-corrected chi connectivity index (χ2v) is 10.1. The molecule has 29 heavy (non-hydrogen) atoms. The Balaban J connectivity index is 1.45. The molecule has 0 aromatic carbocycles. The lowest BCUT2D eigenvalue weighted by atomic mass is 9.48. The van der Waals surface area contributed by atoms with Gasteiger partial charge < -0.3 is 14.6 Å². The molecule has 4 saturated carbocycles. The summed E-state index contributed by atoms with van der Waals surface area (Å²) >= 11 is 0. The maximum Gasteiger partial charge on any atom is 0.465 e. The van der Waals surface area contributed by atoms with Crippen LogP contribution in [-0.4, -0.2) is 59.9 Å². The minimum absolute atomic E-state index is 0.0367. The highest BCUT2D eigenvalue weighted by Crippen LogP contribution is 2.61. The van der Waals surface area contributed by atoms with Crippen molar-refractivity contribution in [2.24, 2.45) is 17.3 Å². The van der Waals surface area contributed by atoms with E-state index < -0.39 is 51.7 Å². The molecule has 4 aliphatic rings. The number of hydrogen-bond acceptors (Lipinski definition) is 8. The highest BCUT2D eigenvalue weighted by molar-refractivity contribution is 7.87. The maximum atomic E-state index is 13.0. The van der Waals surface area contributed by atoms with Gasteiger partial charge in [0.2, 0.25) is 0 Å². The summed E-state index contributed by atoms with van der Waals surface area (Å²) in [6.45, 7) is -1.23. The molecule has 0 aromatic rings. The monoisotopic (exact) mass is 440 g/mol. The topological polar surface area (TPSA) is 144 Å². The molecule has 9 nitrogen and oxygen atoms in total. The van der Waals surface area contributed by atoms with Crippen molar-refractivity contribution in [3.63, 3.8) is 0 Å². The van der Waals surface area contributed by atoms with E-state index in [1.54, 1.807) is 0 Å². The van der Waals surface area contributed by atoms with Gasteiger partial charge in [0.25, 0.3) is 0 Å². The fourth-order valence-electron chi connectivity index (χ4n) is 5.40. The average molecular weight is 440 g/mol. The molecule has 0 heterocycles. The van der Waals surface area contributed by atoms with Crippen molar-refractivity contribution in [3.05, 3.63) is 0 Å². The number of hydrogen-bond donors (Lipinski definition) is 2. The molecule has 0 aliphatic heterocycles. The third-order valence-corrected chi connectivity index (χ3v) is 6.77. The van der Waals surface area contributed by atoms with Crippen LogP contribution in [0.5, 0.6) is 0 Å². The van der Waals surface area contributed by atoms with E-state index in [4.69, 9.17) is 9.29 Å². The van der Waals surface area contributed by atoms with Crippen LogP contribution in [-0.2, 0) is 34.0 Å². The largest absolute Gasteiger partial charge is 0.465 e. The number of rotatable bonds is 8. The van der Waals surface area contributed by atoms with E-state index in [0.29, 0.717) is 18.3 Å². The molecule has 2 atom stereocenters. The number of carbonyl (C=O) groups is 3. The first-order valence-electron chi connectivity index (χ1n) is 9.15. The molecule has 0 aromatic heterocycles. The number of aliphatic hydroxyl groups is 1. The summed E-state index contributed by atoms with van der Waals surface area (Å²) in [5, 5.41) is 5.44. The Kier molecular flexibility index (Phi) is 5.50. The first-order chi connectivity index (χ1) is 13.2. The van der Waals surface area contributed by atoms with E-state index in [0.717, 1.165) is 32.1 Å². The predicted octanol–water partition coefficient (Wildman–Crippen LogP) is 0.844. The molecule has 164 valence electrons. The van der Waals surface area contributed by atoms with Gasteiger partial charge in [0.1, 0.15) is 6.42 Å². The van der Waals surface area contributed by atoms with Crippen LogP contribution in [0.3, 0.4) is 0 Å². The summed E-state index contributed by atoms with van der Waals surface area (Å²) in [7, 11) is -6.04. The van der Waals surface area contributed by atoms with Gasteiger partial charge in [0.05, 0.1) is 12.2 Å². The van der Waals surface area contributed by atoms with Crippen LogP contribution < -0.4 is 0 Å². The SMILES string of the molecule is O=C(COC(=O)C(F)(F)S(=O)(=O)O)CC(=O)OCC12CC3CC(CC(O)(C3)C1)C2. The van der Waals surface area contributed by atoms with Gasteiger partial charge in [-0.15, -0.1) is 0 Å². The summed E-state index contributed by atoms with van der Waals surface area (Å²) in [4.78, 5) is 34.5. The van der Waals surface area contributed by atoms with Crippen LogP contribution in [0.2, 0.25) is 0 Å². The third kappa shape index (κ3) is 4.58. The molecule has 4 fully saturated rings. The first kappa shape index (κ1) is 22.0. The number of halogens is 2. The predicted molar refractivity (Wildman–Crippen MR) is 90.1 cm³/mol. The standard InChI is InChI=1S/C17H22F2O9S/c18-17(19,29(24,25)26)14(22)27-7-12(20)2-13(21)28-9-15-3-10-1-11(4-15)6-16(23,5-10)8-15/h10-11,23H,1-9H2,(H,24,25,26). The van der Waals surface area contributed by atoms with Crippen LogP contribution >= 0.6 is 0 Å². The zero-order valence-corrected chi connectivity index (χ0v) is 16.3. The second-order valence-electron chi connectivity index (χ2n) is 8.63. The van der Waals surface area contributed by atoms with Gasteiger partial charge in [-0.1, -0.05) is 0 Å². The van der Waals surface area contributed by atoms with E-state index in [2.05, 4.69) is 4.74 Å². The molecule has 12 heteroatoms. The number of alkyl halides is 2. The summed E-state index contributed by atoms with van der Waals surface area (Å²) in [6.07, 6.45) is 3.88. The lowest BCUT2D eigenvalue weighted by Crippen LogP contribution is -2.57. The Bertz CT molecular complexity index is 809. The molecular weight excluding hydrogens is 418 g/mol. The van der Waals surface area contributed by atoms with Crippen molar-refractivity contribution >= 4 is 27.8 Å². The van der Waals surface area contributed by atoms with Crippen molar-refractivity contribution in [2.75, 3.05) is 13.2 Å². The van der Waals surface area contributed by atoms with Crippen molar-refractivity contribution in [3.8, 4) is 0 Å². The van der Waals surface area contributed by atoms with Crippen LogP contribution in [0, 0.1) is 17.3 Å². The number of Topliss-reactive ketones (excluding diaryl/α,β-unsaturated/α-hetero) is 1. The molecule has 0 amide bonds. The molecule has 0 saturated heterocycles.